The van der Waals surface area contributed by atoms with Crippen molar-refractivity contribution in [2.75, 3.05) is 26.5 Å². The minimum atomic E-state index is -0.0459. The summed E-state index contributed by atoms with van der Waals surface area (Å²) in [6, 6.07) is 9.79. The standard InChI is InChI=1S/C23H29N3O4/c1-3-28-20-13-22-21(29-15-30-22)12-18(20)14-26-10-7-17(8-11-26)23(25-16(2)27)19-6-4-5-9-24-19/h4-6,9,12-13,17,23H,3,7-8,10-11,14-15H2,1-2H3,(H,25,27)/t23-/m1/s1. The molecule has 1 N–H and O–H groups in total. The monoisotopic (exact) mass is 411 g/mol. The number of aromatic nitrogens is 1. The summed E-state index contributed by atoms with van der Waals surface area (Å²) in [5, 5.41) is 3.11. The highest BCUT2D eigenvalue weighted by molar-refractivity contribution is 5.73. The van der Waals surface area contributed by atoms with Crippen molar-refractivity contribution in [3.63, 3.8) is 0 Å². The number of rotatable bonds is 7. The molecule has 0 aliphatic carbocycles. The minimum absolute atomic E-state index is 0.0187. The smallest absolute Gasteiger partial charge is 0.231 e. The van der Waals surface area contributed by atoms with Crippen LogP contribution in [0.3, 0.4) is 0 Å². The van der Waals surface area contributed by atoms with E-state index in [2.05, 4.69) is 15.2 Å². The van der Waals surface area contributed by atoms with Gasteiger partial charge in [0.15, 0.2) is 11.5 Å². The summed E-state index contributed by atoms with van der Waals surface area (Å²) in [5.41, 5.74) is 2.04. The van der Waals surface area contributed by atoms with E-state index in [1.807, 2.05) is 37.3 Å². The molecule has 1 atom stereocenters. The second-order valence-electron chi connectivity index (χ2n) is 7.79. The first kappa shape index (κ1) is 20.5. The second kappa shape index (κ2) is 9.34. The molecular formula is C23H29N3O4. The van der Waals surface area contributed by atoms with Gasteiger partial charge in [0, 0.05) is 31.3 Å². The molecule has 160 valence electrons. The third-order valence-corrected chi connectivity index (χ3v) is 5.72. The zero-order chi connectivity index (χ0) is 20.9. The average Bonchev–Trinajstić information content (AvgIpc) is 3.21. The molecule has 0 spiro atoms. The lowest BCUT2D eigenvalue weighted by atomic mass is 9.87. The second-order valence-corrected chi connectivity index (χ2v) is 7.79. The fourth-order valence-corrected chi connectivity index (χ4v) is 4.28. The highest BCUT2D eigenvalue weighted by atomic mass is 16.7. The minimum Gasteiger partial charge on any atom is -0.493 e. The maximum atomic E-state index is 11.8. The number of carbonyl (C=O) groups excluding carboxylic acids is 1. The van der Waals surface area contributed by atoms with Gasteiger partial charge in [0.1, 0.15) is 5.75 Å². The topological polar surface area (TPSA) is 72.9 Å². The highest BCUT2D eigenvalue weighted by Gasteiger charge is 2.30. The Kier molecular flexibility index (Phi) is 6.38. The SMILES string of the molecule is CCOc1cc2c(cc1CN1CCC([C@@H](NC(C)=O)c3ccccn3)CC1)OCO2. The number of fused-ring (bicyclic) bond motifs is 1. The fourth-order valence-electron chi connectivity index (χ4n) is 4.28. The molecule has 0 saturated carbocycles. The van der Waals surface area contributed by atoms with Gasteiger partial charge in [-0.2, -0.15) is 0 Å². The number of likely N-dealkylation sites (tertiary alicyclic amines) is 1. The number of amides is 1. The van der Waals surface area contributed by atoms with Crippen LogP contribution < -0.4 is 19.5 Å². The van der Waals surface area contributed by atoms with E-state index in [1.165, 1.54) is 0 Å². The Balaban J connectivity index is 1.42. The van der Waals surface area contributed by atoms with E-state index in [0.717, 1.165) is 61.0 Å². The fraction of sp³-hybridized carbons (Fsp3) is 0.478. The Morgan fingerprint density at radius 1 is 1.27 bits per heavy atom. The summed E-state index contributed by atoms with van der Waals surface area (Å²) in [4.78, 5) is 18.7. The molecule has 2 aliphatic heterocycles. The Bertz CT molecular complexity index is 866. The van der Waals surface area contributed by atoms with E-state index < -0.39 is 0 Å². The summed E-state index contributed by atoms with van der Waals surface area (Å²) >= 11 is 0. The molecule has 1 amide bonds. The number of ether oxygens (including phenoxy) is 3. The summed E-state index contributed by atoms with van der Waals surface area (Å²) in [5.74, 6) is 2.73. The van der Waals surface area contributed by atoms with Gasteiger partial charge in [0.05, 0.1) is 18.3 Å². The summed E-state index contributed by atoms with van der Waals surface area (Å²) in [7, 11) is 0. The number of nitrogens with one attached hydrogen (secondary N) is 1. The Hall–Kier alpha value is -2.80. The van der Waals surface area contributed by atoms with Crippen molar-refractivity contribution < 1.29 is 19.0 Å². The predicted molar refractivity (Wildman–Crippen MR) is 113 cm³/mol. The van der Waals surface area contributed by atoms with Gasteiger partial charge in [-0.1, -0.05) is 6.07 Å². The van der Waals surface area contributed by atoms with E-state index in [1.54, 1.807) is 13.1 Å². The van der Waals surface area contributed by atoms with Gasteiger partial charge in [-0.15, -0.1) is 0 Å². The van der Waals surface area contributed by atoms with Gasteiger partial charge in [-0.05, 0) is 57.0 Å². The molecular weight excluding hydrogens is 382 g/mol. The molecule has 0 radical (unpaired) electrons. The number of piperidine rings is 1. The van der Waals surface area contributed by atoms with Crippen molar-refractivity contribution >= 4 is 5.91 Å². The molecule has 30 heavy (non-hydrogen) atoms. The van der Waals surface area contributed by atoms with Crippen LogP contribution in [0, 0.1) is 5.92 Å². The van der Waals surface area contributed by atoms with Crippen LogP contribution in [0.4, 0.5) is 0 Å². The van der Waals surface area contributed by atoms with Crippen LogP contribution in [-0.2, 0) is 11.3 Å². The quantitative estimate of drug-likeness (QED) is 0.754. The molecule has 0 unspecified atom stereocenters. The summed E-state index contributed by atoms with van der Waals surface area (Å²) in [6.07, 6.45) is 3.78. The van der Waals surface area contributed by atoms with E-state index in [4.69, 9.17) is 14.2 Å². The Morgan fingerprint density at radius 3 is 2.70 bits per heavy atom. The number of pyridine rings is 1. The van der Waals surface area contributed by atoms with Crippen molar-refractivity contribution in [2.45, 2.75) is 39.3 Å². The van der Waals surface area contributed by atoms with Gasteiger partial charge < -0.3 is 19.5 Å². The molecule has 2 aliphatic rings. The third kappa shape index (κ3) is 4.67. The predicted octanol–water partition coefficient (Wildman–Crippen LogP) is 3.30. The lowest BCUT2D eigenvalue weighted by molar-refractivity contribution is -0.120. The first-order valence-corrected chi connectivity index (χ1v) is 10.6. The third-order valence-electron chi connectivity index (χ3n) is 5.72. The molecule has 0 bridgehead atoms. The van der Waals surface area contributed by atoms with Crippen molar-refractivity contribution in [3.05, 3.63) is 47.8 Å². The number of carbonyl (C=O) groups is 1. The van der Waals surface area contributed by atoms with Crippen LogP contribution in [-0.4, -0.2) is 42.3 Å². The van der Waals surface area contributed by atoms with Crippen LogP contribution in [0.2, 0.25) is 0 Å². The first-order chi connectivity index (χ1) is 14.6. The van der Waals surface area contributed by atoms with Crippen LogP contribution in [0.1, 0.15) is 44.0 Å². The van der Waals surface area contributed by atoms with Crippen LogP contribution in [0.25, 0.3) is 0 Å². The number of hydrogen-bond donors (Lipinski definition) is 1. The molecule has 2 aromatic rings. The molecule has 3 heterocycles. The van der Waals surface area contributed by atoms with E-state index >= 15 is 0 Å². The summed E-state index contributed by atoms with van der Waals surface area (Å²) in [6.45, 7) is 7.12. The maximum absolute atomic E-state index is 11.8. The first-order valence-electron chi connectivity index (χ1n) is 10.6. The molecule has 7 heteroatoms. The molecule has 1 aromatic heterocycles. The Morgan fingerprint density at radius 2 is 2.03 bits per heavy atom. The van der Waals surface area contributed by atoms with E-state index in [-0.39, 0.29) is 18.7 Å². The lowest BCUT2D eigenvalue weighted by Crippen LogP contribution is -2.40. The number of benzene rings is 1. The molecule has 1 aromatic carbocycles. The molecule has 4 rings (SSSR count). The normalized spacial score (nSPS) is 17.5. The van der Waals surface area contributed by atoms with Gasteiger partial charge in [0.25, 0.3) is 0 Å². The lowest BCUT2D eigenvalue weighted by Gasteiger charge is -2.36. The average molecular weight is 412 g/mol. The Labute approximate surface area is 177 Å². The van der Waals surface area contributed by atoms with Crippen LogP contribution >= 0.6 is 0 Å². The van der Waals surface area contributed by atoms with Gasteiger partial charge in [0.2, 0.25) is 12.7 Å². The largest absolute Gasteiger partial charge is 0.493 e. The molecule has 7 nitrogen and oxygen atoms in total. The van der Waals surface area contributed by atoms with Crippen molar-refractivity contribution in [3.8, 4) is 17.2 Å². The van der Waals surface area contributed by atoms with Crippen molar-refractivity contribution in [1.29, 1.82) is 0 Å². The molecule has 1 fully saturated rings. The van der Waals surface area contributed by atoms with E-state index in [0.29, 0.717) is 12.5 Å². The zero-order valence-electron chi connectivity index (χ0n) is 17.6. The van der Waals surface area contributed by atoms with Gasteiger partial charge in [-0.25, -0.2) is 0 Å². The highest BCUT2D eigenvalue weighted by Crippen LogP contribution is 2.39. The van der Waals surface area contributed by atoms with Crippen LogP contribution in [0.5, 0.6) is 17.2 Å². The van der Waals surface area contributed by atoms with Crippen LogP contribution in [0.15, 0.2) is 36.5 Å². The zero-order valence-corrected chi connectivity index (χ0v) is 17.6. The van der Waals surface area contributed by atoms with Crippen molar-refractivity contribution in [2.24, 2.45) is 5.92 Å². The van der Waals surface area contributed by atoms with E-state index in [9.17, 15) is 4.79 Å². The number of hydrogen-bond acceptors (Lipinski definition) is 6. The number of nitrogens with zero attached hydrogens (tertiary/aromatic N) is 2. The van der Waals surface area contributed by atoms with Gasteiger partial charge in [-0.3, -0.25) is 14.7 Å². The summed E-state index contributed by atoms with van der Waals surface area (Å²) < 4.78 is 16.9. The van der Waals surface area contributed by atoms with Crippen molar-refractivity contribution in [1.82, 2.24) is 15.2 Å². The molecule has 1 saturated heterocycles. The van der Waals surface area contributed by atoms with Gasteiger partial charge >= 0.3 is 0 Å². The maximum Gasteiger partial charge on any atom is 0.231 e.